The molecule has 4 amide bonds. The van der Waals surface area contributed by atoms with Crippen molar-refractivity contribution in [3.63, 3.8) is 0 Å². The molecule has 44 heavy (non-hydrogen) atoms. The summed E-state index contributed by atoms with van der Waals surface area (Å²) < 4.78 is 0. The monoisotopic (exact) mass is 594 g/mol. The molecule has 2 aromatic carbocycles. The molecule has 0 radical (unpaired) electrons. The Labute approximate surface area is 260 Å². The molecule has 0 aromatic heterocycles. The van der Waals surface area contributed by atoms with Crippen LogP contribution in [0, 0.1) is 0 Å². The maximum Gasteiger partial charge on any atom is 0.332 e. The average Bonchev–Trinajstić information content (AvgIpc) is 3.37. The molecular formula is C35H42N6O3. The van der Waals surface area contributed by atoms with E-state index in [-0.39, 0.29) is 30.9 Å². The second-order valence-corrected chi connectivity index (χ2v) is 12.0. The van der Waals surface area contributed by atoms with Crippen LogP contribution in [-0.2, 0) is 29.0 Å². The summed E-state index contributed by atoms with van der Waals surface area (Å²) in [7, 11) is 2.12. The van der Waals surface area contributed by atoms with Gasteiger partial charge in [-0.3, -0.25) is 14.6 Å². The van der Waals surface area contributed by atoms with Crippen molar-refractivity contribution in [1.82, 2.24) is 25.1 Å². The molecule has 0 saturated carbocycles. The number of benzene rings is 2. The third-order valence-corrected chi connectivity index (χ3v) is 9.14. The number of piperazine rings is 1. The van der Waals surface area contributed by atoms with Crippen molar-refractivity contribution in [1.29, 1.82) is 0 Å². The van der Waals surface area contributed by atoms with Crippen LogP contribution in [0.15, 0.2) is 85.0 Å². The highest BCUT2D eigenvalue weighted by atomic mass is 16.2. The molecule has 3 aliphatic heterocycles. The third kappa shape index (κ3) is 6.01. The van der Waals surface area contributed by atoms with Crippen LogP contribution >= 0.6 is 0 Å². The quantitative estimate of drug-likeness (QED) is 0.446. The van der Waals surface area contributed by atoms with Crippen molar-refractivity contribution in [3.8, 4) is 0 Å². The number of carbonyl (C=O) groups is 3. The van der Waals surface area contributed by atoms with Gasteiger partial charge in [-0.25, -0.2) is 4.79 Å². The zero-order chi connectivity index (χ0) is 30.6. The first kappa shape index (κ1) is 29.7. The molecule has 0 bridgehead atoms. The van der Waals surface area contributed by atoms with Gasteiger partial charge in [0.25, 0.3) is 0 Å². The molecule has 2 aromatic rings. The first-order valence-electron chi connectivity index (χ1n) is 15.7. The maximum absolute atomic E-state index is 14.2. The van der Waals surface area contributed by atoms with E-state index in [1.165, 1.54) is 11.3 Å². The highest BCUT2D eigenvalue weighted by molar-refractivity contribution is 5.92. The molecule has 4 aliphatic rings. The summed E-state index contributed by atoms with van der Waals surface area (Å²) >= 11 is 0. The number of carbonyl (C=O) groups excluding carboxylic acids is 3. The fraction of sp³-hybridized carbons (Fsp3) is 0.400. The second-order valence-electron chi connectivity index (χ2n) is 12.0. The van der Waals surface area contributed by atoms with Crippen LogP contribution in [0.5, 0.6) is 0 Å². The topological polar surface area (TPSA) is 79.4 Å². The van der Waals surface area contributed by atoms with Crippen molar-refractivity contribution in [2.24, 2.45) is 0 Å². The SMILES string of the molecule is C=CCN(C(=O)NCC1=CCCC=C1)N1CC(=O)N2[C@@H](Cc3ccccc3)C(=O)N(Cc3cccc4c3CCCN4C)C[C@@H]21. The van der Waals surface area contributed by atoms with Crippen LogP contribution in [0.25, 0.3) is 0 Å². The van der Waals surface area contributed by atoms with E-state index in [4.69, 9.17) is 0 Å². The average molecular weight is 595 g/mol. The molecule has 9 heteroatoms. The second kappa shape index (κ2) is 13.1. The number of rotatable bonds is 9. The van der Waals surface area contributed by atoms with Gasteiger partial charge in [-0.2, -0.15) is 5.01 Å². The van der Waals surface area contributed by atoms with E-state index in [0.717, 1.165) is 48.9 Å². The lowest BCUT2D eigenvalue weighted by molar-refractivity contribution is -0.157. The van der Waals surface area contributed by atoms with Gasteiger partial charge in [-0.15, -0.1) is 6.58 Å². The van der Waals surface area contributed by atoms with Crippen molar-refractivity contribution >= 4 is 23.5 Å². The van der Waals surface area contributed by atoms with Crippen LogP contribution in [0.4, 0.5) is 10.5 Å². The number of anilines is 1. The Morgan fingerprint density at radius 2 is 1.95 bits per heavy atom. The predicted octanol–water partition coefficient (Wildman–Crippen LogP) is 3.88. The van der Waals surface area contributed by atoms with Crippen molar-refractivity contribution in [2.45, 2.75) is 50.9 Å². The van der Waals surface area contributed by atoms with E-state index in [1.807, 2.05) is 46.3 Å². The van der Waals surface area contributed by atoms with Crippen molar-refractivity contribution in [2.75, 3.05) is 44.7 Å². The molecule has 3 heterocycles. The number of hydrogen-bond acceptors (Lipinski definition) is 5. The Balaban J connectivity index is 1.30. The Bertz CT molecular complexity index is 1470. The number of hydrazine groups is 1. The van der Waals surface area contributed by atoms with Crippen LogP contribution in [0.1, 0.15) is 36.0 Å². The number of nitrogens with one attached hydrogen (secondary N) is 1. The molecule has 1 N–H and O–H groups in total. The summed E-state index contributed by atoms with van der Waals surface area (Å²) in [5.74, 6) is -0.208. The normalized spacial score (nSPS) is 21.6. The lowest BCUT2D eigenvalue weighted by Gasteiger charge is -2.46. The van der Waals surface area contributed by atoms with Gasteiger partial charge in [0, 0.05) is 38.8 Å². The van der Waals surface area contributed by atoms with E-state index in [1.54, 1.807) is 16.0 Å². The largest absolute Gasteiger partial charge is 0.374 e. The van der Waals surface area contributed by atoms with Crippen LogP contribution in [0.2, 0.25) is 0 Å². The molecule has 1 aliphatic carbocycles. The van der Waals surface area contributed by atoms with E-state index in [0.29, 0.717) is 26.1 Å². The zero-order valence-corrected chi connectivity index (χ0v) is 25.5. The van der Waals surface area contributed by atoms with Gasteiger partial charge >= 0.3 is 6.03 Å². The minimum atomic E-state index is -0.665. The Kier molecular flexibility index (Phi) is 8.84. The number of nitrogens with zero attached hydrogens (tertiary/aromatic N) is 5. The number of hydrogen-bond donors (Lipinski definition) is 1. The summed E-state index contributed by atoms with van der Waals surface area (Å²) in [5, 5.41) is 6.45. The van der Waals surface area contributed by atoms with Crippen LogP contribution in [0.3, 0.4) is 0 Å². The molecule has 0 spiro atoms. The van der Waals surface area contributed by atoms with E-state index < -0.39 is 12.2 Å². The van der Waals surface area contributed by atoms with Crippen LogP contribution < -0.4 is 10.2 Å². The Hall–Kier alpha value is -4.37. The number of allylic oxidation sites excluding steroid dienone is 2. The summed E-state index contributed by atoms with van der Waals surface area (Å²) in [6, 6.07) is 15.2. The number of urea groups is 1. The lowest BCUT2D eigenvalue weighted by Crippen LogP contribution is -2.66. The standard InChI is InChI=1S/C35H42N6O3/c1-3-19-39(35(44)36-22-27-14-8-5-9-15-27)40-25-33(42)41-31(21-26-12-6-4-7-13-26)34(43)38(24-32(40)41)23-28-16-10-18-30-29(28)17-11-20-37(30)2/h3-4,6-8,10,12-16,18,31-32H,1,5,9,11,17,19-25H2,2H3,(H,36,44)/t31-,32+/m0/s1. The highest BCUT2D eigenvalue weighted by Crippen LogP contribution is 2.33. The van der Waals surface area contributed by atoms with Gasteiger partial charge in [-0.05, 0) is 54.0 Å². The minimum absolute atomic E-state index is 0.0203. The van der Waals surface area contributed by atoms with E-state index >= 15 is 0 Å². The van der Waals surface area contributed by atoms with E-state index in [2.05, 4.69) is 54.2 Å². The molecular weight excluding hydrogens is 552 g/mol. The summed E-state index contributed by atoms with van der Waals surface area (Å²) in [5.41, 5.74) is 5.70. The molecule has 230 valence electrons. The smallest absolute Gasteiger partial charge is 0.332 e. The van der Waals surface area contributed by atoms with Gasteiger partial charge in [0.2, 0.25) is 11.8 Å². The first-order chi connectivity index (χ1) is 21.4. The number of amides is 4. The molecule has 0 unspecified atom stereocenters. The van der Waals surface area contributed by atoms with Crippen molar-refractivity contribution in [3.05, 3.63) is 102 Å². The molecule has 2 atom stereocenters. The van der Waals surface area contributed by atoms with Gasteiger partial charge < -0.3 is 20.0 Å². The van der Waals surface area contributed by atoms with Gasteiger partial charge in [-0.1, -0.05) is 66.8 Å². The fourth-order valence-corrected chi connectivity index (χ4v) is 6.96. The predicted molar refractivity (Wildman–Crippen MR) is 171 cm³/mol. The molecule has 2 saturated heterocycles. The van der Waals surface area contributed by atoms with Crippen molar-refractivity contribution < 1.29 is 14.4 Å². The zero-order valence-electron chi connectivity index (χ0n) is 25.5. The van der Waals surface area contributed by atoms with Gasteiger partial charge in [0.05, 0.1) is 19.6 Å². The number of fused-ring (bicyclic) bond motifs is 2. The summed E-state index contributed by atoms with van der Waals surface area (Å²) in [6.45, 7) is 6.35. The first-order valence-corrected chi connectivity index (χ1v) is 15.7. The maximum atomic E-state index is 14.2. The van der Waals surface area contributed by atoms with Gasteiger partial charge in [0.15, 0.2) is 0 Å². The molecule has 9 nitrogen and oxygen atoms in total. The van der Waals surface area contributed by atoms with Gasteiger partial charge in [0.1, 0.15) is 12.2 Å². The fourth-order valence-electron chi connectivity index (χ4n) is 6.96. The summed E-state index contributed by atoms with van der Waals surface area (Å²) in [4.78, 5) is 47.4. The Morgan fingerprint density at radius 1 is 1.11 bits per heavy atom. The summed E-state index contributed by atoms with van der Waals surface area (Å²) in [6.07, 6.45) is 11.9. The third-order valence-electron chi connectivity index (χ3n) is 9.14. The molecule has 6 rings (SSSR count). The highest BCUT2D eigenvalue weighted by Gasteiger charge is 2.52. The van der Waals surface area contributed by atoms with Crippen LogP contribution in [-0.4, -0.2) is 89.6 Å². The molecule has 2 fully saturated rings. The Morgan fingerprint density at radius 3 is 2.73 bits per heavy atom. The minimum Gasteiger partial charge on any atom is -0.374 e. The van der Waals surface area contributed by atoms with E-state index in [9.17, 15) is 14.4 Å². The lowest BCUT2D eigenvalue weighted by atomic mass is 9.95.